The number of benzene rings is 1. The van der Waals surface area contributed by atoms with Gasteiger partial charge < -0.3 is 9.05 Å². The molecular formula is C11H15O4P. The van der Waals surface area contributed by atoms with E-state index in [-0.39, 0.29) is 0 Å². The standard InChI is InChI=1S/C11H15O4P/c1-9(10-7-5-4-6-8-10)11(12)16(13,14-2)15-3/h4-9H,1-3H3. The molecular weight excluding hydrogens is 227 g/mol. The van der Waals surface area contributed by atoms with E-state index in [2.05, 4.69) is 9.05 Å². The SMILES string of the molecule is COP(=O)(OC)C(=O)C(C)c1ccccc1. The molecule has 0 aliphatic heterocycles. The van der Waals surface area contributed by atoms with Crippen molar-refractivity contribution in [3.8, 4) is 0 Å². The summed E-state index contributed by atoms with van der Waals surface area (Å²) in [5, 5.41) is 0. The van der Waals surface area contributed by atoms with E-state index in [9.17, 15) is 9.36 Å². The van der Waals surface area contributed by atoms with Gasteiger partial charge in [-0.15, -0.1) is 0 Å². The molecule has 88 valence electrons. The van der Waals surface area contributed by atoms with Gasteiger partial charge in [0.05, 0.1) is 5.92 Å². The Bertz CT molecular complexity index is 394. The first-order valence-corrected chi connectivity index (χ1v) is 6.40. The predicted molar refractivity (Wildman–Crippen MR) is 61.5 cm³/mol. The minimum atomic E-state index is -3.63. The van der Waals surface area contributed by atoms with Crippen LogP contribution in [0.2, 0.25) is 0 Å². The van der Waals surface area contributed by atoms with Gasteiger partial charge >= 0.3 is 7.60 Å². The fraction of sp³-hybridized carbons (Fsp3) is 0.364. The van der Waals surface area contributed by atoms with Crippen molar-refractivity contribution in [1.82, 2.24) is 0 Å². The summed E-state index contributed by atoms with van der Waals surface area (Å²) in [6.07, 6.45) is 0. The van der Waals surface area contributed by atoms with E-state index in [0.29, 0.717) is 0 Å². The third-order valence-corrected chi connectivity index (χ3v) is 4.31. The lowest BCUT2D eigenvalue weighted by Crippen LogP contribution is -2.11. The fourth-order valence-electron chi connectivity index (χ4n) is 1.38. The highest BCUT2D eigenvalue weighted by Gasteiger charge is 2.36. The molecule has 5 heteroatoms. The third kappa shape index (κ3) is 2.59. The zero-order chi connectivity index (χ0) is 12.2. The minimum Gasteiger partial charge on any atom is -0.307 e. The predicted octanol–water partition coefficient (Wildman–Crippen LogP) is 2.80. The maximum absolute atomic E-state index is 11.9. The van der Waals surface area contributed by atoms with E-state index >= 15 is 0 Å². The van der Waals surface area contributed by atoms with Crippen LogP contribution in [0.5, 0.6) is 0 Å². The molecule has 0 amide bonds. The molecule has 4 nitrogen and oxygen atoms in total. The summed E-state index contributed by atoms with van der Waals surface area (Å²) in [4.78, 5) is 11.9. The van der Waals surface area contributed by atoms with E-state index in [1.807, 2.05) is 18.2 Å². The largest absolute Gasteiger partial charge is 0.396 e. The normalized spacial score (nSPS) is 13.4. The summed E-state index contributed by atoms with van der Waals surface area (Å²) >= 11 is 0. The molecule has 1 aromatic carbocycles. The number of hydrogen-bond donors (Lipinski definition) is 0. The molecule has 0 N–H and O–H groups in total. The maximum Gasteiger partial charge on any atom is 0.396 e. The lowest BCUT2D eigenvalue weighted by Gasteiger charge is -2.16. The van der Waals surface area contributed by atoms with Gasteiger partial charge in [-0.25, -0.2) is 0 Å². The lowest BCUT2D eigenvalue weighted by molar-refractivity contribution is -0.114. The Labute approximate surface area is 95.1 Å². The van der Waals surface area contributed by atoms with Crippen molar-refractivity contribution in [2.24, 2.45) is 0 Å². The Kier molecular flexibility index (Phi) is 4.42. The highest BCUT2D eigenvalue weighted by molar-refractivity contribution is 7.72. The summed E-state index contributed by atoms with van der Waals surface area (Å²) < 4.78 is 21.2. The summed E-state index contributed by atoms with van der Waals surface area (Å²) in [7, 11) is -1.22. The fourth-order valence-corrected chi connectivity index (χ4v) is 2.51. The zero-order valence-corrected chi connectivity index (χ0v) is 10.4. The van der Waals surface area contributed by atoms with Crippen LogP contribution in [0.15, 0.2) is 30.3 Å². The van der Waals surface area contributed by atoms with Crippen molar-refractivity contribution in [3.63, 3.8) is 0 Å². The topological polar surface area (TPSA) is 52.6 Å². The number of hydrogen-bond acceptors (Lipinski definition) is 4. The van der Waals surface area contributed by atoms with Crippen molar-refractivity contribution in [2.45, 2.75) is 12.8 Å². The Balaban J connectivity index is 2.95. The molecule has 0 aliphatic rings. The summed E-state index contributed by atoms with van der Waals surface area (Å²) in [6.45, 7) is 1.68. The van der Waals surface area contributed by atoms with Crippen molar-refractivity contribution >= 4 is 13.1 Å². The number of carbonyl (C=O) groups excluding carboxylic acids is 1. The Hall–Kier alpha value is -0.960. The van der Waals surface area contributed by atoms with E-state index in [4.69, 9.17) is 0 Å². The molecule has 0 radical (unpaired) electrons. The van der Waals surface area contributed by atoms with Crippen LogP contribution in [0.3, 0.4) is 0 Å². The Morgan fingerprint density at radius 3 is 2.12 bits per heavy atom. The Morgan fingerprint density at radius 2 is 1.69 bits per heavy atom. The minimum absolute atomic E-state index is 0.507. The Morgan fingerprint density at radius 1 is 1.19 bits per heavy atom. The first-order valence-electron chi connectivity index (χ1n) is 4.86. The first-order chi connectivity index (χ1) is 7.55. The van der Waals surface area contributed by atoms with Crippen molar-refractivity contribution in [2.75, 3.05) is 14.2 Å². The van der Waals surface area contributed by atoms with Crippen LogP contribution in [-0.2, 0) is 18.4 Å². The summed E-state index contributed by atoms with van der Waals surface area (Å²) in [5.74, 6) is -0.507. The van der Waals surface area contributed by atoms with Crippen molar-refractivity contribution < 1.29 is 18.4 Å². The molecule has 0 bridgehead atoms. The molecule has 0 spiro atoms. The highest BCUT2D eigenvalue weighted by Crippen LogP contribution is 2.51. The number of carbonyl (C=O) groups is 1. The van der Waals surface area contributed by atoms with Gasteiger partial charge in [0.15, 0.2) is 0 Å². The van der Waals surface area contributed by atoms with Crippen LogP contribution in [0.4, 0.5) is 0 Å². The smallest absolute Gasteiger partial charge is 0.307 e. The second-order valence-corrected chi connectivity index (χ2v) is 5.50. The summed E-state index contributed by atoms with van der Waals surface area (Å²) in [6, 6.07) is 9.11. The molecule has 1 unspecified atom stereocenters. The van der Waals surface area contributed by atoms with Crippen LogP contribution < -0.4 is 0 Å². The van der Waals surface area contributed by atoms with Crippen LogP contribution in [0.1, 0.15) is 18.4 Å². The molecule has 1 atom stereocenters. The number of rotatable bonds is 5. The van der Waals surface area contributed by atoms with Crippen molar-refractivity contribution in [3.05, 3.63) is 35.9 Å². The molecule has 0 fully saturated rings. The van der Waals surface area contributed by atoms with Crippen LogP contribution in [0, 0.1) is 0 Å². The average molecular weight is 242 g/mol. The molecule has 16 heavy (non-hydrogen) atoms. The van der Waals surface area contributed by atoms with Crippen LogP contribution in [-0.4, -0.2) is 19.7 Å². The second-order valence-electron chi connectivity index (χ2n) is 3.33. The van der Waals surface area contributed by atoms with Gasteiger partial charge in [0.25, 0.3) is 5.52 Å². The van der Waals surface area contributed by atoms with E-state index in [0.717, 1.165) is 5.56 Å². The van der Waals surface area contributed by atoms with Gasteiger partial charge in [-0.2, -0.15) is 0 Å². The molecule has 1 rings (SSSR count). The third-order valence-electron chi connectivity index (χ3n) is 2.42. The first kappa shape index (κ1) is 13.1. The van der Waals surface area contributed by atoms with Gasteiger partial charge in [0.1, 0.15) is 0 Å². The molecule has 0 saturated heterocycles. The van der Waals surface area contributed by atoms with Crippen LogP contribution in [0.25, 0.3) is 0 Å². The van der Waals surface area contributed by atoms with Gasteiger partial charge in [-0.05, 0) is 5.56 Å². The van der Waals surface area contributed by atoms with Gasteiger partial charge in [-0.3, -0.25) is 9.36 Å². The quantitative estimate of drug-likeness (QED) is 0.745. The molecule has 1 aromatic rings. The molecule has 0 heterocycles. The summed E-state index contributed by atoms with van der Waals surface area (Å²) in [5.41, 5.74) is 0.269. The lowest BCUT2D eigenvalue weighted by atomic mass is 10.0. The van der Waals surface area contributed by atoms with Gasteiger partial charge in [-0.1, -0.05) is 37.3 Å². The van der Waals surface area contributed by atoms with Crippen LogP contribution >= 0.6 is 7.60 Å². The molecule has 0 aliphatic carbocycles. The zero-order valence-electron chi connectivity index (χ0n) is 9.54. The monoisotopic (exact) mass is 242 g/mol. The van der Waals surface area contributed by atoms with E-state index in [1.165, 1.54) is 14.2 Å². The second kappa shape index (κ2) is 5.39. The average Bonchev–Trinajstić information content (AvgIpc) is 2.37. The maximum atomic E-state index is 11.9. The van der Waals surface area contributed by atoms with Gasteiger partial charge in [0, 0.05) is 14.2 Å². The van der Waals surface area contributed by atoms with E-state index in [1.54, 1.807) is 19.1 Å². The van der Waals surface area contributed by atoms with Crippen molar-refractivity contribution in [1.29, 1.82) is 0 Å². The molecule has 0 saturated carbocycles. The highest BCUT2D eigenvalue weighted by atomic mass is 31.2. The molecule has 0 aromatic heterocycles. The van der Waals surface area contributed by atoms with E-state index < -0.39 is 19.0 Å². The van der Waals surface area contributed by atoms with Gasteiger partial charge in [0.2, 0.25) is 0 Å².